The lowest BCUT2D eigenvalue weighted by Gasteiger charge is -2.06. The average molecular weight is 315 g/mol. The normalized spacial score (nSPS) is 10.5. The summed E-state index contributed by atoms with van der Waals surface area (Å²) in [6.45, 7) is 0.865. The van der Waals surface area contributed by atoms with Crippen molar-refractivity contribution < 1.29 is 0 Å². The third kappa shape index (κ3) is 3.48. The van der Waals surface area contributed by atoms with Gasteiger partial charge in [-0.3, -0.25) is 4.68 Å². The summed E-state index contributed by atoms with van der Waals surface area (Å²) < 4.78 is 2.73. The van der Waals surface area contributed by atoms with Crippen LogP contribution in [0.25, 0.3) is 0 Å². The highest BCUT2D eigenvalue weighted by Gasteiger charge is 1.99. The lowest BCUT2D eigenvalue weighted by molar-refractivity contribution is 0.767. The number of aryl methyl sites for hydroxylation is 1. The number of nitrogens with one attached hydrogen (secondary N) is 1. The molecule has 0 saturated heterocycles. The molecule has 1 aromatic carbocycles. The monoisotopic (exact) mass is 313 g/mol. The van der Waals surface area contributed by atoms with Crippen molar-refractivity contribution in [2.24, 2.45) is 7.05 Å². The Kier molecular flexibility index (Phi) is 4.07. The highest BCUT2D eigenvalue weighted by Crippen LogP contribution is 2.25. The van der Waals surface area contributed by atoms with Gasteiger partial charge in [0.15, 0.2) is 0 Å². The Labute approximate surface area is 114 Å². The van der Waals surface area contributed by atoms with Gasteiger partial charge in [0.05, 0.1) is 11.2 Å². The van der Waals surface area contributed by atoms with E-state index in [0.29, 0.717) is 0 Å². The maximum absolute atomic E-state index is 6.01. The van der Waals surface area contributed by atoms with Crippen LogP contribution in [-0.2, 0) is 13.5 Å². The zero-order valence-electron chi connectivity index (χ0n) is 9.45. The van der Waals surface area contributed by atoms with Gasteiger partial charge in [0.1, 0.15) is 0 Å². The summed E-state index contributed by atoms with van der Waals surface area (Å²) in [5.74, 6) is 0. The van der Waals surface area contributed by atoms with Gasteiger partial charge in [0.25, 0.3) is 0 Å². The Morgan fingerprint density at radius 2 is 2.29 bits per heavy atom. The van der Waals surface area contributed by atoms with E-state index in [9.17, 15) is 0 Å². The minimum atomic E-state index is 0.719. The topological polar surface area (TPSA) is 29.9 Å². The van der Waals surface area contributed by atoms with Gasteiger partial charge in [-0.25, -0.2) is 0 Å². The van der Waals surface area contributed by atoms with Gasteiger partial charge in [-0.15, -0.1) is 0 Å². The number of halogens is 2. The summed E-state index contributed by atoms with van der Waals surface area (Å²) in [6.07, 6.45) is 4.86. The molecule has 0 saturated carbocycles. The van der Waals surface area contributed by atoms with E-state index in [-0.39, 0.29) is 0 Å². The fraction of sp³-hybridized carbons (Fsp3) is 0.250. The first-order chi connectivity index (χ1) is 8.15. The summed E-state index contributed by atoms with van der Waals surface area (Å²) in [7, 11) is 1.92. The molecule has 1 N–H and O–H groups in total. The molecule has 0 radical (unpaired) electrons. The van der Waals surface area contributed by atoms with E-state index in [0.717, 1.165) is 28.1 Å². The molecule has 2 rings (SSSR count). The van der Waals surface area contributed by atoms with Crippen LogP contribution in [0.1, 0.15) is 5.56 Å². The smallest absolute Gasteiger partial charge is 0.0568 e. The number of hydrogen-bond donors (Lipinski definition) is 1. The highest BCUT2D eigenvalue weighted by molar-refractivity contribution is 9.10. The molecular weight excluding hydrogens is 302 g/mol. The van der Waals surface area contributed by atoms with Crippen molar-refractivity contribution in [3.05, 3.63) is 45.7 Å². The van der Waals surface area contributed by atoms with Crippen LogP contribution < -0.4 is 5.32 Å². The van der Waals surface area contributed by atoms with E-state index in [4.69, 9.17) is 11.6 Å². The van der Waals surface area contributed by atoms with E-state index in [1.807, 2.05) is 42.3 Å². The number of nitrogens with zero attached hydrogens (tertiary/aromatic N) is 2. The van der Waals surface area contributed by atoms with Crippen LogP contribution in [0.4, 0.5) is 5.69 Å². The van der Waals surface area contributed by atoms with Gasteiger partial charge in [-0.2, -0.15) is 5.10 Å². The fourth-order valence-electron chi connectivity index (χ4n) is 1.56. The molecule has 0 bridgehead atoms. The molecule has 3 nitrogen and oxygen atoms in total. The molecule has 1 heterocycles. The van der Waals surface area contributed by atoms with Gasteiger partial charge in [-0.05, 0) is 46.1 Å². The summed E-state index contributed by atoms with van der Waals surface area (Å²) in [4.78, 5) is 0. The van der Waals surface area contributed by atoms with Crippen molar-refractivity contribution in [3.63, 3.8) is 0 Å². The predicted molar refractivity (Wildman–Crippen MR) is 74.6 cm³/mol. The third-order valence-corrected chi connectivity index (χ3v) is 3.65. The maximum atomic E-state index is 6.01. The second-order valence-electron chi connectivity index (χ2n) is 3.83. The molecule has 0 unspecified atom stereocenters. The zero-order chi connectivity index (χ0) is 12.3. The SMILES string of the molecule is Cn1cc(CCNc2ccc(Br)c(Cl)c2)cn1. The Morgan fingerprint density at radius 1 is 1.47 bits per heavy atom. The molecular formula is C12H13BrClN3. The van der Waals surface area contributed by atoms with E-state index >= 15 is 0 Å². The maximum Gasteiger partial charge on any atom is 0.0568 e. The van der Waals surface area contributed by atoms with Gasteiger partial charge in [0.2, 0.25) is 0 Å². The second kappa shape index (κ2) is 5.56. The predicted octanol–water partition coefficient (Wildman–Crippen LogP) is 3.49. The molecule has 0 aliphatic heterocycles. The molecule has 0 fully saturated rings. The van der Waals surface area contributed by atoms with Crippen LogP contribution in [0.5, 0.6) is 0 Å². The molecule has 0 spiro atoms. The van der Waals surface area contributed by atoms with Crippen LogP contribution >= 0.6 is 27.5 Å². The number of benzene rings is 1. The molecule has 5 heteroatoms. The van der Waals surface area contributed by atoms with Crippen molar-refractivity contribution in [2.75, 3.05) is 11.9 Å². The van der Waals surface area contributed by atoms with Gasteiger partial charge in [-0.1, -0.05) is 11.6 Å². The number of hydrogen-bond acceptors (Lipinski definition) is 2. The Morgan fingerprint density at radius 3 is 2.94 bits per heavy atom. The second-order valence-corrected chi connectivity index (χ2v) is 5.09. The van der Waals surface area contributed by atoms with Crippen molar-refractivity contribution in [1.29, 1.82) is 0 Å². The molecule has 0 amide bonds. The highest BCUT2D eigenvalue weighted by atomic mass is 79.9. The molecule has 90 valence electrons. The molecule has 1 aromatic heterocycles. The van der Waals surface area contributed by atoms with Crippen molar-refractivity contribution >= 4 is 33.2 Å². The van der Waals surface area contributed by atoms with E-state index in [2.05, 4.69) is 26.3 Å². The Hall–Kier alpha value is -1.00. The minimum absolute atomic E-state index is 0.719. The Balaban J connectivity index is 1.87. The summed E-state index contributed by atoms with van der Waals surface area (Å²) in [5.41, 5.74) is 2.25. The zero-order valence-corrected chi connectivity index (χ0v) is 11.8. The van der Waals surface area contributed by atoms with Crippen LogP contribution in [0.15, 0.2) is 35.1 Å². The van der Waals surface area contributed by atoms with Crippen LogP contribution in [-0.4, -0.2) is 16.3 Å². The summed E-state index contributed by atoms with van der Waals surface area (Å²) in [5, 5.41) is 8.18. The molecule has 2 aromatic rings. The largest absolute Gasteiger partial charge is 0.385 e. The van der Waals surface area contributed by atoms with Crippen molar-refractivity contribution in [2.45, 2.75) is 6.42 Å². The third-order valence-electron chi connectivity index (χ3n) is 2.42. The minimum Gasteiger partial charge on any atom is -0.385 e. The Bertz CT molecular complexity index is 510. The number of anilines is 1. The first-order valence-corrected chi connectivity index (χ1v) is 6.49. The molecule has 0 aliphatic rings. The summed E-state index contributed by atoms with van der Waals surface area (Å²) >= 11 is 9.38. The van der Waals surface area contributed by atoms with Crippen LogP contribution in [0.3, 0.4) is 0 Å². The quantitative estimate of drug-likeness (QED) is 0.936. The first-order valence-electron chi connectivity index (χ1n) is 5.31. The van der Waals surface area contributed by atoms with Gasteiger partial charge >= 0.3 is 0 Å². The molecule has 0 aliphatic carbocycles. The van der Waals surface area contributed by atoms with E-state index < -0.39 is 0 Å². The van der Waals surface area contributed by atoms with E-state index in [1.54, 1.807) is 0 Å². The molecule has 17 heavy (non-hydrogen) atoms. The number of aromatic nitrogens is 2. The lowest BCUT2D eigenvalue weighted by atomic mass is 10.2. The summed E-state index contributed by atoms with van der Waals surface area (Å²) in [6, 6.07) is 5.85. The van der Waals surface area contributed by atoms with Crippen LogP contribution in [0, 0.1) is 0 Å². The van der Waals surface area contributed by atoms with Crippen LogP contribution in [0.2, 0.25) is 5.02 Å². The average Bonchev–Trinajstić information content (AvgIpc) is 2.70. The lowest BCUT2D eigenvalue weighted by Crippen LogP contribution is -2.04. The molecule has 0 atom stereocenters. The first kappa shape index (κ1) is 12.5. The van der Waals surface area contributed by atoms with E-state index in [1.165, 1.54) is 5.56 Å². The van der Waals surface area contributed by atoms with Crippen molar-refractivity contribution in [1.82, 2.24) is 9.78 Å². The fourth-order valence-corrected chi connectivity index (χ4v) is 1.99. The number of rotatable bonds is 4. The van der Waals surface area contributed by atoms with Gasteiger partial charge < -0.3 is 5.32 Å². The standard InChI is InChI=1S/C12H13BrClN3/c1-17-8-9(7-16-17)4-5-15-10-2-3-11(13)12(14)6-10/h2-3,6-8,15H,4-5H2,1H3. The van der Waals surface area contributed by atoms with Crippen molar-refractivity contribution in [3.8, 4) is 0 Å². The van der Waals surface area contributed by atoms with Gasteiger partial charge in [0, 0.05) is 29.9 Å².